The number of aromatic nitrogens is 1. The summed E-state index contributed by atoms with van der Waals surface area (Å²) in [6.45, 7) is 7.89. The van der Waals surface area contributed by atoms with Crippen molar-refractivity contribution in [3.63, 3.8) is 0 Å². The fourth-order valence-corrected chi connectivity index (χ4v) is 2.68. The maximum absolute atomic E-state index is 12.5. The standard InChI is InChI=1S/C16H18N2O/c1-10-4-5-15-13(6-10)14(7-12(3)17-15)16(19)18-8-11(2)9-18/h4-7,11H,8-9H2,1-3H3. The highest BCUT2D eigenvalue weighted by Crippen LogP contribution is 2.24. The molecule has 2 heterocycles. The molecule has 1 aromatic heterocycles. The molecule has 1 amide bonds. The van der Waals surface area contributed by atoms with E-state index in [1.165, 1.54) is 0 Å². The normalized spacial score (nSPS) is 15.6. The first-order chi connectivity index (χ1) is 9.04. The molecule has 19 heavy (non-hydrogen) atoms. The molecule has 0 N–H and O–H groups in total. The van der Waals surface area contributed by atoms with E-state index in [-0.39, 0.29) is 5.91 Å². The average Bonchev–Trinajstić information content (AvgIpc) is 2.34. The van der Waals surface area contributed by atoms with Crippen molar-refractivity contribution in [2.45, 2.75) is 20.8 Å². The molecule has 1 saturated heterocycles. The first-order valence-electron chi connectivity index (χ1n) is 6.72. The highest BCUT2D eigenvalue weighted by Gasteiger charge is 2.28. The van der Waals surface area contributed by atoms with Crippen LogP contribution in [0.1, 0.15) is 28.5 Å². The Bertz CT molecular complexity index is 657. The number of rotatable bonds is 1. The summed E-state index contributed by atoms with van der Waals surface area (Å²) in [7, 11) is 0. The minimum absolute atomic E-state index is 0.138. The van der Waals surface area contributed by atoms with Crippen LogP contribution in [0.4, 0.5) is 0 Å². The molecular formula is C16H18N2O. The number of pyridine rings is 1. The quantitative estimate of drug-likeness (QED) is 0.784. The van der Waals surface area contributed by atoms with Gasteiger partial charge in [-0.1, -0.05) is 18.6 Å². The summed E-state index contributed by atoms with van der Waals surface area (Å²) in [5.74, 6) is 0.763. The molecule has 1 aromatic carbocycles. The second-order valence-electron chi connectivity index (χ2n) is 5.65. The molecule has 0 atom stereocenters. The van der Waals surface area contributed by atoms with E-state index >= 15 is 0 Å². The summed E-state index contributed by atoms with van der Waals surface area (Å²) in [4.78, 5) is 19.0. The van der Waals surface area contributed by atoms with Crippen LogP contribution in [0, 0.1) is 19.8 Å². The molecule has 0 aliphatic carbocycles. The Labute approximate surface area is 113 Å². The van der Waals surface area contributed by atoms with E-state index in [4.69, 9.17) is 0 Å². The van der Waals surface area contributed by atoms with Crippen LogP contribution in [0.3, 0.4) is 0 Å². The summed E-state index contributed by atoms with van der Waals surface area (Å²) in [5.41, 5.74) is 3.75. The van der Waals surface area contributed by atoms with Crippen LogP contribution < -0.4 is 0 Å². The third kappa shape index (κ3) is 2.09. The first kappa shape index (κ1) is 12.2. The van der Waals surface area contributed by atoms with Gasteiger partial charge < -0.3 is 4.90 Å². The SMILES string of the molecule is Cc1ccc2nc(C)cc(C(=O)N3CC(C)C3)c2c1. The number of fused-ring (bicyclic) bond motifs is 1. The minimum atomic E-state index is 0.138. The highest BCUT2D eigenvalue weighted by molar-refractivity contribution is 6.06. The zero-order valence-electron chi connectivity index (χ0n) is 11.6. The predicted molar refractivity (Wildman–Crippen MR) is 76.3 cm³/mol. The zero-order valence-corrected chi connectivity index (χ0v) is 11.6. The third-order valence-corrected chi connectivity index (χ3v) is 3.67. The van der Waals surface area contributed by atoms with Crippen LogP contribution in [-0.4, -0.2) is 28.9 Å². The van der Waals surface area contributed by atoms with Gasteiger partial charge in [0.15, 0.2) is 0 Å². The van der Waals surface area contributed by atoms with Crippen molar-refractivity contribution in [1.82, 2.24) is 9.88 Å². The van der Waals surface area contributed by atoms with E-state index in [0.717, 1.165) is 40.8 Å². The molecular weight excluding hydrogens is 236 g/mol. The summed E-state index contributed by atoms with van der Waals surface area (Å²) in [6, 6.07) is 7.99. The molecule has 3 nitrogen and oxygen atoms in total. The molecule has 3 rings (SSSR count). The van der Waals surface area contributed by atoms with Crippen molar-refractivity contribution >= 4 is 16.8 Å². The Balaban J connectivity index is 2.11. The van der Waals surface area contributed by atoms with Gasteiger partial charge in [-0.3, -0.25) is 9.78 Å². The molecule has 0 saturated carbocycles. The number of carbonyl (C=O) groups is 1. The van der Waals surface area contributed by atoms with Crippen molar-refractivity contribution in [1.29, 1.82) is 0 Å². The molecule has 0 spiro atoms. The van der Waals surface area contributed by atoms with Crippen molar-refractivity contribution in [2.24, 2.45) is 5.92 Å². The summed E-state index contributed by atoms with van der Waals surface area (Å²) >= 11 is 0. The van der Waals surface area contributed by atoms with E-state index in [1.807, 2.05) is 36.9 Å². The molecule has 2 aromatic rings. The third-order valence-electron chi connectivity index (χ3n) is 3.67. The van der Waals surface area contributed by atoms with Gasteiger partial charge in [0.05, 0.1) is 11.1 Å². The molecule has 0 radical (unpaired) electrons. The van der Waals surface area contributed by atoms with Gasteiger partial charge in [0.25, 0.3) is 5.91 Å². The number of nitrogens with zero attached hydrogens (tertiary/aromatic N) is 2. The molecule has 98 valence electrons. The van der Waals surface area contributed by atoms with Crippen LogP contribution in [0.25, 0.3) is 10.9 Å². The molecule has 1 aliphatic heterocycles. The molecule has 1 aliphatic rings. The van der Waals surface area contributed by atoms with Gasteiger partial charge in [0.1, 0.15) is 0 Å². The van der Waals surface area contributed by atoms with Gasteiger partial charge in [0, 0.05) is 24.2 Å². The Morgan fingerprint density at radius 3 is 2.68 bits per heavy atom. The largest absolute Gasteiger partial charge is 0.338 e. The number of hydrogen-bond acceptors (Lipinski definition) is 2. The van der Waals surface area contributed by atoms with Crippen LogP contribution in [0.2, 0.25) is 0 Å². The van der Waals surface area contributed by atoms with E-state index in [2.05, 4.69) is 18.0 Å². The number of amides is 1. The lowest BCUT2D eigenvalue weighted by molar-refractivity contribution is 0.0532. The molecule has 0 bridgehead atoms. The van der Waals surface area contributed by atoms with Crippen molar-refractivity contribution in [3.8, 4) is 0 Å². The van der Waals surface area contributed by atoms with Gasteiger partial charge in [-0.25, -0.2) is 0 Å². The lowest BCUT2D eigenvalue weighted by atomic mass is 9.99. The number of carbonyl (C=O) groups excluding carboxylic acids is 1. The van der Waals surface area contributed by atoms with Gasteiger partial charge in [-0.15, -0.1) is 0 Å². The predicted octanol–water partition coefficient (Wildman–Crippen LogP) is 2.94. The number of benzene rings is 1. The highest BCUT2D eigenvalue weighted by atomic mass is 16.2. The van der Waals surface area contributed by atoms with Gasteiger partial charge in [-0.2, -0.15) is 0 Å². The van der Waals surface area contributed by atoms with Crippen LogP contribution in [0.5, 0.6) is 0 Å². The summed E-state index contributed by atoms with van der Waals surface area (Å²) in [6.07, 6.45) is 0. The maximum Gasteiger partial charge on any atom is 0.254 e. The van der Waals surface area contributed by atoms with Gasteiger partial charge in [-0.05, 0) is 38.0 Å². The second kappa shape index (κ2) is 4.34. The molecule has 1 fully saturated rings. The van der Waals surface area contributed by atoms with Gasteiger partial charge in [0.2, 0.25) is 0 Å². The van der Waals surface area contributed by atoms with Crippen molar-refractivity contribution < 1.29 is 4.79 Å². The maximum atomic E-state index is 12.5. The van der Waals surface area contributed by atoms with E-state index in [9.17, 15) is 4.79 Å². The Hall–Kier alpha value is -1.90. The Morgan fingerprint density at radius 1 is 1.26 bits per heavy atom. The zero-order chi connectivity index (χ0) is 13.6. The smallest absolute Gasteiger partial charge is 0.254 e. The van der Waals surface area contributed by atoms with Crippen LogP contribution >= 0.6 is 0 Å². The van der Waals surface area contributed by atoms with Crippen molar-refractivity contribution in [3.05, 3.63) is 41.1 Å². The van der Waals surface area contributed by atoms with Crippen LogP contribution in [-0.2, 0) is 0 Å². The lowest BCUT2D eigenvalue weighted by Gasteiger charge is -2.37. The number of hydrogen-bond donors (Lipinski definition) is 0. The topological polar surface area (TPSA) is 33.2 Å². The number of aryl methyl sites for hydroxylation is 2. The van der Waals surface area contributed by atoms with Crippen molar-refractivity contribution in [2.75, 3.05) is 13.1 Å². The summed E-state index contributed by atoms with van der Waals surface area (Å²) in [5, 5.41) is 0.968. The fraction of sp³-hybridized carbons (Fsp3) is 0.375. The fourth-order valence-electron chi connectivity index (χ4n) is 2.68. The lowest BCUT2D eigenvalue weighted by Crippen LogP contribution is -2.48. The molecule has 0 unspecified atom stereocenters. The average molecular weight is 254 g/mol. The Kier molecular flexibility index (Phi) is 2.77. The monoisotopic (exact) mass is 254 g/mol. The minimum Gasteiger partial charge on any atom is -0.338 e. The number of likely N-dealkylation sites (tertiary alicyclic amines) is 1. The molecule has 3 heteroatoms. The van der Waals surface area contributed by atoms with Gasteiger partial charge >= 0.3 is 0 Å². The van der Waals surface area contributed by atoms with E-state index in [0.29, 0.717) is 5.92 Å². The Morgan fingerprint density at radius 2 is 2.00 bits per heavy atom. The van der Waals surface area contributed by atoms with E-state index < -0.39 is 0 Å². The second-order valence-corrected chi connectivity index (χ2v) is 5.65. The van der Waals surface area contributed by atoms with E-state index in [1.54, 1.807) is 0 Å². The summed E-state index contributed by atoms with van der Waals surface area (Å²) < 4.78 is 0. The first-order valence-corrected chi connectivity index (χ1v) is 6.72. The van der Waals surface area contributed by atoms with Crippen LogP contribution in [0.15, 0.2) is 24.3 Å².